The molecule has 0 amide bonds. The molecule has 98 valence electrons. The number of hydrogen-bond donors (Lipinski definition) is 1. The van der Waals surface area contributed by atoms with E-state index in [0.29, 0.717) is 20.6 Å². The molecule has 0 saturated carbocycles. The largest absolute Gasteiger partial charge is 0.467 e. The zero-order valence-corrected chi connectivity index (χ0v) is 12.3. The molecule has 0 saturated heterocycles. The lowest BCUT2D eigenvalue weighted by molar-refractivity contribution is 0.453. The molecule has 1 aromatic carbocycles. The second kappa shape index (κ2) is 4.52. The summed E-state index contributed by atoms with van der Waals surface area (Å²) in [5.74, 6) is 0.825. The average molecular weight is 371 g/mol. The summed E-state index contributed by atoms with van der Waals surface area (Å²) < 4.78 is 21.4. The molecule has 6 heteroatoms. The Hall–Kier alpha value is -1.57. The van der Waals surface area contributed by atoms with E-state index in [9.17, 15) is 4.39 Å². The van der Waals surface area contributed by atoms with Gasteiger partial charge in [0.05, 0.1) is 26.9 Å². The standard InChI is InChI=1S/C13H11FIN3O/c1-7(12-3-2-4-19-12)18-11-5-8(14)9(15)6-10(11)17-13(18)16/h2-7H,1H3,(H2,16,17). The minimum Gasteiger partial charge on any atom is -0.467 e. The summed E-state index contributed by atoms with van der Waals surface area (Å²) in [6.07, 6.45) is 1.60. The number of aromatic nitrogens is 2. The molecule has 0 aliphatic heterocycles. The summed E-state index contributed by atoms with van der Waals surface area (Å²) >= 11 is 1.94. The number of nitrogens with two attached hydrogens (primary N) is 1. The summed E-state index contributed by atoms with van der Waals surface area (Å²) in [6, 6.07) is 6.68. The molecule has 0 fully saturated rings. The van der Waals surface area contributed by atoms with Crippen LogP contribution in [0, 0.1) is 9.39 Å². The lowest BCUT2D eigenvalue weighted by Gasteiger charge is -2.13. The van der Waals surface area contributed by atoms with Gasteiger partial charge in [-0.2, -0.15) is 0 Å². The Morgan fingerprint density at radius 2 is 2.26 bits per heavy atom. The van der Waals surface area contributed by atoms with Crippen molar-refractivity contribution < 1.29 is 8.81 Å². The van der Waals surface area contributed by atoms with Crippen LogP contribution in [0.4, 0.5) is 10.3 Å². The van der Waals surface area contributed by atoms with Crippen LogP contribution in [0.25, 0.3) is 11.0 Å². The second-order valence-corrected chi connectivity index (χ2v) is 5.45. The molecule has 0 spiro atoms. The summed E-state index contributed by atoms with van der Waals surface area (Å²) in [4.78, 5) is 4.27. The first kappa shape index (κ1) is 12.5. The van der Waals surface area contributed by atoms with Crippen LogP contribution in [0.15, 0.2) is 34.9 Å². The lowest BCUT2D eigenvalue weighted by Crippen LogP contribution is -2.09. The van der Waals surface area contributed by atoms with Crippen molar-refractivity contribution in [1.82, 2.24) is 9.55 Å². The predicted octanol–water partition coefficient (Wildman–Crippen LogP) is 3.56. The van der Waals surface area contributed by atoms with E-state index in [1.54, 1.807) is 16.9 Å². The molecular formula is C13H11FIN3O. The molecule has 2 aromatic heterocycles. The van der Waals surface area contributed by atoms with Crippen molar-refractivity contribution in [1.29, 1.82) is 0 Å². The normalized spacial score (nSPS) is 13.0. The van der Waals surface area contributed by atoms with Gasteiger partial charge < -0.3 is 10.2 Å². The highest BCUT2D eigenvalue weighted by molar-refractivity contribution is 14.1. The Morgan fingerprint density at radius 3 is 2.95 bits per heavy atom. The number of imidazole rings is 1. The first-order valence-corrected chi connectivity index (χ1v) is 6.81. The Morgan fingerprint density at radius 1 is 1.47 bits per heavy atom. The molecule has 2 heterocycles. The molecular weight excluding hydrogens is 360 g/mol. The van der Waals surface area contributed by atoms with Crippen LogP contribution in [0.5, 0.6) is 0 Å². The second-order valence-electron chi connectivity index (χ2n) is 4.29. The molecule has 1 atom stereocenters. The molecule has 0 bridgehead atoms. The molecule has 2 N–H and O–H groups in total. The van der Waals surface area contributed by atoms with Gasteiger partial charge in [0.1, 0.15) is 11.6 Å². The topological polar surface area (TPSA) is 57.0 Å². The number of nitrogen functional groups attached to an aromatic ring is 1. The van der Waals surface area contributed by atoms with Gasteiger partial charge in [-0.25, -0.2) is 9.37 Å². The quantitative estimate of drug-likeness (QED) is 0.701. The van der Waals surface area contributed by atoms with Crippen molar-refractivity contribution >= 4 is 39.6 Å². The van der Waals surface area contributed by atoms with Crippen molar-refractivity contribution in [2.24, 2.45) is 0 Å². The van der Waals surface area contributed by atoms with Gasteiger partial charge in [0, 0.05) is 6.07 Å². The number of anilines is 1. The minimum absolute atomic E-state index is 0.139. The van der Waals surface area contributed by atoms with Crippen molar-refractivity contribution in [2.45, 2.75) is 13.0 Å². The molecule has 3 rings (SSSR count). The summed E-state index contributed by atoms with van der Waals surface area (Å²) in [5, 5.41) is 0. The van der Waals surface area contributed by atoms with Gasteiger partial charge in [-0.1, -0.05) is 0 Å². The van der Waals surface area contributed by atoms with Crippen molar-refractivity contribution in [3.8, 4) is 0 Å². The first-order valence-electron chi connectivity index (χ1n) is 5.74. The Labute approximate surface area is 122 Å². The third-order valence-corrected chi connectivity index (χ3v) is 3.93. The fourth-order valence-corrected chi connectivity index (χ4v) is 2.62. The number of fused-ring (bicyclic) bond motifs is 1. The average Bonchev–Trinajstić information content (AvgIpc) is 2.97. The lowest BCUT2D eigenvalue weighted by atomic mass is 10.2. The summed E-state index contributed by atoms with van der Waals surface area (Å²) in [7, 11) is 0. The van der Waals surface area contributed by atoms with Crippen molar-refractivity contribution in [2.75, 3.05) is 5.73 Å². The zero-order valence-electron chi connectivity index (χ0n) is 10.1. The maximum absolute atomic E-state index is 13.7. The van der Waals surface area contributed by atoms with Crippen molar-refractivity contribution in [3.63, 3.8) is 0 Å². The van der Waals surface area contributed by atoms with Crippen LogP contribution in [-0.2, 0) is 0 Å². The van der Waals surface area contributed by atoms with Gasteiger partial charge in [0.25, 0.3) is 0 Å². The first-order chi connectivity index (χ1) is 9.08. The zero-order chi connectivity index (χ0) is 13.6. The highest BCUT2D eigenvalue weighted by Crippen LogP contribution is 2.29. The number of furan rings is 1. The van der Waals surface area contributed by atoms with Crippen LogP contribution in [-0.4, -0.2) is 9.55 Å². The van der Waals surface area contributed by atoms with Gasteiger partial charge in [-0.15, -0.1) is 0 Å². The maximum Gasteiger partial charge on any atom is 0.201 e. The highest BCUT2D eigenvalue weighted by atomic mass is 127. The smallest absolute Gasteiger partial charge is 0.201 e. The van der Waals surface area contributed by atoms with Crippen LogP contribution in [0.2, 0.25) is 0 Å². The molecule has 19 heavy (non-hydrogen) atoms. The third-order valence-electron chi connectivity index (χ3n) is 3.10. The van der Waals surface area contributed by atoms with Crippen LogP contribution < -0.4 is 5.73 Å². The fourth-order valence-electron chi connectivity index (χ4n) is 2.17. The summed E-state index contributed by atoms with van der Waals surface area (Å²) in [6.45, 7) is 1.94. The molecule has 4 nitrogen and oxygen atoms in total. The molecule has 1 unspecified atom stereocenters. The van der Waals surface area contributed by atoms with E-state index in [4.69, 9.17) is 10.2 Å². The Kier molecular flexibility index (Phi) is 2.96. The van der Waals surface area contributed by atoms with E-state index in [0.717, 1.165) is 5.76 Å². The number of rotatable bonds is 2. The summed E-state index contributed by atoms with van der Waals surface area (Å²) in [5.41, 5.74) is 7.29. The monoisotopic (exact) mass is 371 g/mol. The van der Waals surface area contributed by atoms with Gasteiger partial charge >= 0.3 is 0 Å². The van der Waals surface area contributed by atoms with E-state index in [1.807, 2.05) is 41.6 Å². The van der Waals surface area contributed by atoms with E-state index < -0.39 is 0 Å². The Balaban J connectivity index is 2.23. The van der Waals surface area contributed by atoms with E-state index in [1.165, 1.54) is 6.07 Å². The Bertz CT molecular complexity index is 736. The molecule has 0 radical (unpaired) electrons. The van der Waals surface area contributed by atoms with Crippen LogP contribution >= 0.6 is 22.6 Å². The SMILES string of the molecule is CC(c1ccco1)n1c(N)nc2cc(I)c(F)cc21. The molecule has 0 aliphatic rings. The van der Waals surface area contributed by atoms with Gasteiger partial charge in [-0.05, 0) is 47.7 Å². The van der Waals surface area contributed by atoms with Gasteiger partial charge in [-0.3, -0.25) is 4.57 Å². The van der Waals surface area contributed by atoms with Crippen LogP contribution in [0.3, 0.4) is 0 Å². The third kappa shape index (κ3) is 1.99. The molecule has 3 aromatic rings. The van der Waals surface area contributed by atoms with Crippen molar-refractivity contribution in [3.05, 3.63) is 45.7 Å². The maximum atomic E-state index is 13.7. The van der Waals surface area contributed by atoms with E-state index in [-0.39, 0.29) is 11.9 Å². The number of halogens is 2. The van der Waals surface area contributed by atoms with E-state index >= 15 is 0 Å². The van der Waals surface area contributed by atoms with E-state index in [2.05, 4.69) is 4.98 Å². The van der Waals surface area contributed by atoms with Crippen LogP contribution in [0.1, 0.15) is 18.7 Å². The predicted molar refractivity (Wildman–Crippen MR) is 79.3 cm³/mol. The van der Waals surface area contributed by atoms with Gasteiger partial charge in [0.2, 0.25) is 5.95 Å². The molecule has 0 aliphatic carbocycles. The highest BCUT2D eigenvalue weighted by Gasteiger charge is 2.18. The number of hydrogen-bond acceptors (Lipinski definition) is 3. The number of nitrogens with zero attached hydrogens (tertiary/aromatic N) is 2. The fraction of sp³-hybridized carbons (Fsp3) is 0.154. The minimum atomic E-state index is -0.277. The van der Waals surface area contributed by atoms with Gasteiger partial charge in [0.15, 0.2) is 0 Å². The number of benzene rings is 1.